The van der Waals surface area contributed by atoms with Crippen LogP contribution >= 0.6 is 0 Å². The van der Waals surface area contributed by atoms with Crippen molar-refractivity contribution in [3.8, 4) is 0 Å². The summed E-state index contributed by atoms with van der Waals surface area (Å²) in [5.74, 6) is -0.209. The van der Waals surface area contributed by atoms with Crippen molar-refractivity contribution in [3.05, 3.63) is 40.6 Å². The minimum Gasteiger partial charge on any atom is -0.359 e. The molecule has 0 spiro atoms. The lowest BCUT2D eigenvalue weighted by molar-refractivity contribution is -0.120. The van der Waals surface area contributed by atoms with Crippen LogP contribution in [0.5, 0.6) is 0 Å². The molecule has 3 N–H and O–H groups in total. The van der Waals surface area contributed by atoms with Gasteiger partial charge in [0, 0.05) is 30.0 Å². The number of H-pyrrole nitrogens is 1. The van der Waals surface area contributed by atoms with Gasteiger partial charge in [-0.3, -0.25) is 9.79 Å². The number of hydrogen-bond donors (Lipinski definition) is 3. The number of rotatable bonds is 8. The van der Waals surface area contributed by atoms with Crippen LogP contribution in [0, 0.1) is 12.8 Å². The van der Waals surface area contributed by atoms with E-state index in [1.54, 1.807) is 18.6 Å². The van der Waals surface area contributed by atoms with Crippen LogP contribution < -0.4 is 10.7 Å². The molecule has 1 saturated heterocycles. The molecule has 0 aromatic carbocycles. The van der Waals surface area contributed by atoms with E-state index in [0.717, 1.165) is 17.8 Å². The van der Waals surface area contributed by atoms with Crippen molar-refractivity contribution < 1.29 is 4.79 Å². The lowest BCUT2D eigenvalue weighted by Crippen LogP contribution is -2.32. The molecular formula is C25H36N6O. The van der Waals surface area contributed by atoms with Crippen LogP contribution in [-0.2, 0) is 11.2 Å². The maximum Gasteiger partial charge on any atom is 0.254 e. The normalized spacial score (nSPS) is 22.5. The Balaban J connectivity index is 1.50. The number of piperidine rings is 1. The zero-order chi connectivity index (χ0) is 22.5. The Morgan fingerprint density at radius 1 is 1.22 bits per heavy atom. The molecule has 0 saturated carbocycles. The number of nitrogens with one attached hydrogen (secondary N) is 3. The lowest BCUT2D eigenvalue weighted by atomic mass is 9.93. The number of aliphatic imine (C=N–C) groups is 1. The van der Waals surface area contributed by atoms with Gasteiger partial charge in [0.05, 0.1) is 11.4 Å². The second kappa shape index (κ2) is 10.3. The standard InChI is InChI=1S/C25H36N6O/c1-17(2)23-19(9-5-8-14-31-12-6-4-7-13-31)18(3)29-21(23)15-22-24(27-11-10-26-22)20-16-28-30-25(20)32/h10-11,15-17,20,26,29H,4-9,12-14H2,1-3H3,(H,30,32). The third-order valence-electron chi connectivity index (χ3n) is 6.63. The highest BCUT2D eigenvalue weighted by Gasteiger charge is 2.30. The Hall–Kier alpha value is -2.67. The van der Waals surface area contributed by atoms with Crippen molar-refractivity contribution in [3.63, 3.8) is 0 Å². The van der Waals surface area contributed by atoms with Gasteiger partial charge in [0.1, 0.15) is 5.92 Å². The predicted octanol–water partition coefficient (Wildman–Crippen LogP) is 3.84. The highest BCUT2D eigenvalue weighted by molar-refractivity contribution is 6.24. The molecule has 1 aromatic rings. The Labute approximate surface area is 191 Å². The molecule has 1 aromatic heterocycles. The first-order valence-electron chi connectivity index (χ1n) is 12.0. The largest absolute Gasteiger partial charge is 0.359 e. The molecule has 172 valence electrons. The summed E-state index contributed by atoms with van der Waals surface area (Å²) in [6.45, 7) is 10.4. The molecule has 1 atom stereocenters. The first-order valence-corrected chi connectivity index (χ1v) is 12.0. The number of unbranched alkanes of at least 4 members (excludes halogenated alkanes) is 1. The number of hydrogen-bond acceptors (Lipinski definition) is 5. The minimum absolute atomic E-state index is 0.145. The topological polar surface area (TPSA) is 84.9 Å². The zero-order valence-electron chi connectivity index (χ0n) is 19.6. The lowest BCUT2D eigenvalue weighted by Gasteiger charge is -2.26. The smallest absolute Gasteiger partial charge is 0.254 e. The summed E-state index contributed by atoms with van der Waals surface area (Å²) >= 11 is 0. The van der Waals surface area contributed by atoms with E-state index in [-0.39, 0.29) is 5.91 Å². The molecule has 4 heterocycles. The van der Waals surface area contributed by atoms with Crippen LogP contribution in [0.1, 0.15) is 74.4 Å². The average Bonchev–Trinajstić information content (AvgIpc) is 3.35. The van der Waals surface area contributed by atoms with Gasteiger partial charge in [0.25, 0.3) is 5.91 Å². The molecule has 7 nitrogen and oxygen atoms in total. The molecule has 0 bridgehead atoms. The minimum atomic E-state index is -0.466. The number of hydrazone groups is 1. The molecule has 7 heteroatoms. The van der Waals surface area contributed by atoms with Crippen molar-refractivity contribution in [2.75, 3.05) is 19.6 Å². The van der Waals surface area contributed by atoms with E-state index in [0.29, 0.717) is 11.6 Å². The fourth-order valence-corrected chi connectivity index (χ4v) is 5.03. The maximum absolute atomic E-state index is 12.2. The second-order valence-corrected chi connectivity index (χ2v) is 9.33. The van der Waals surface area contributed by atoms with Gasteiger partial charge >= 0.3 is 0 Å². The summed E-state index contributed by atoms with van der Waals surface area (Å²) in [7, 11) is 0. The predicted molar refractivity (Wildman–Crippen MR) is 131 cm³/mol. The molecule has 4 rings (SSSR count). The third-order valence-corrected chi connectivity index (χ3v) is 6.63. The van der Waals surface area contributed by atoms with Crippen LogP contribution in [0.2, 0.25) is 0 Å². The van der Waals surface area contributed by atoms with Gasteiger partial charge in [0.15, 0.2) is 0 Å². The Kier molecular flexibility index (Phi) is 7.25. The monoisotopic (exact) mass is 436 g/mol. The Bertz CT molecular complexity index is 946. The van der Waals surface area contributed by atoms with Crippen LogP contribution in [0.4, 0.5) is 0 Å². The van der Waals surface area contributed by atoms with Crippen LogP contribution in [0.3, 0.4) is 0 Å². The van der Waals surface area contributed by atoms with E-state index < -0.39 is 5.92 Å². The quantitative estimate of drug-likeness (QED) is 0.541. The van der Waals surface area contributed by atoms with Gasteiger partial charge in [0.2, 0.25) is 0 Å². The van der Waals surface area contributed by atoms with Crippen LogP contribution in [0.15, 0.2) is 28.2 Å². The number of allylic oxidation sites excluding steroid dienone is 1. The highest BCUT2D eigenvalue weighted by atomic mass is 16.2. The summed E-state index contributed by atoms with van der Waals surface area (Å²) < 4.78 is 0. The van der Waals surface area contributed by atoms with Gasteiger partial charge < -0.3 is 15.2 Å². The summed E-state index contributed by atoms with van der Waals surface area (Å²) in [5, 5.41) is 7.19. The number of amides is 1. The van der Waals surface area contributed by atoms with Gasteiger partial charge in [-0.1, -0.05) is 20.3 Å². The van der Waals surface area contributed by atoms with Crippen molar-refractivity contribution in [1.29, 1.82) is 0 Å². The number of nitrogens with zero attached hydrogens (tertiary/aromatic N) is 3. The molecule has 32 heavy (non-hydrogen) atoms. The molecule has 0 radical (unpaired) electrons. The highest BCUT2D eigenvalue weighted by Crippen LogP contribution is 2.30. The van der Waals surface area contributed by atoms with Gasteiger partial charge in [-0.05, 0) is 81.8 Å². The summed E-state index contributed by atoms with van der Waals surface area (Å²) in [5.41, 5.74) is 9.18. The second-order valence-electron chi connectivity index (χ2n) is 9.33. The molecule has 3 aliphatic rings. The maximum atomic E-state index is 12.2. The van der Waals surface area contributed by atoms with Gasteiger partial charge in [-0.2, -0.15) is 5.10 Å². The Morgan fingerprint density at radius 3 is 2.75 bits per heavy atom. The first kappa shape index (κ1) is 22.5. The van der Waals surface area contributed by atoms with E-state index in [1.807, 2.05) is 0 Å². The number of carbonyl (C=O) groups excluding carboxylic acids is 1. The summed E-state index contributed by atoms with van der Waals surface area (Å²) in [6, 6.07) is 0. The number of aryl methyl sites for hydroxylation is 1. The third kappa shape index (κ3) is 5.04. The van der Waals surface area contributed by atoms with E-state index in [4.69, 9.17) is 0 Å². The fraction of sp³-hybridized carbons (Fsp3) is 0.560. The average molecular weight is 437 g/mol. The first-order chi connectivity index (χ1) is 15.5. The Morgan fingerprint density at radius 2 is 2.03 bits per heavy atom. The molecule has 0 aliphatic carbocycles. The van der Waals surface area contributed by atoms with E-state index in [2.05, 4.69) is 57.6 Å². The van der Waals surface area contributed by atoms with Crippen molar-refractivity contribution in [1.82, 2.24) is 20.6 Å². The zero-order valence-corrected chi connectivity index (χ0v) is 19.6. The van der Waals surface area contributed by atoms with Gasteiger partial charge in [-0.15, -0.1) is 0 Å². The van der Waals surface area contributed by atoms with Crippen LogP contribution in [0.25, 0.3) is 6.08 Å². The molecule has 3 aliphatic heterocycles. The van der Waals surface area contributed by atoms with E-state index >= 15 is 0 Å². The van der Waals surface area contributed by atoms with Gasteiger partial charge in [-0.25, -0.2) is 5.43 Å². The van der Waals surface area contributed by atoms with E-state index in [1.165, 1.54) is 68.6 Å². The van der Waals surface area contributed by atoms with Crippen molar-refractivity contribution >= 4 is 23.9 Å². The fourth-order valence-electron chi connectivity index (χ4n) is 5.03. The molecule has 1 fully saturated rings. The van der Waals surface area contributed by atoms with Crippen molar-refractivity contribution in [2.24, 2.45) is 16.0 Å². The van der Waals surface area contributed by atoms with E-state index in [9.17, 15) is 4.79 Å². The summed E-state index contributed by atoms with van der Waals surface area (Å²) in [6.07, 6.45) is 14.9. The number of carbonyl (C=O) groups is 1. The number of aromatic nitrogens is 1. The number of aromatic amines is 1. The molecule has 1 unspecified atom stereocenters. The molecule has 1 amide bonds. The SMILES string of the molecule is Cc1[nH]c(C=C2NC=CN=C2C2C=NNC2=O)c(C(C)C)c1CCCCN1CCCCC1. The van der Waals surface area contributed by atoms with Crippen molar-refractivity contribution in [2.45, 2.75) is 65.2 Å². The summed E-state index contributed by atoms with van der Waals surface area (Å²) in [4.78, 5) is 22.9. The van der Waals surface area contributed by atoms with Crippen LogP contribution in [-0.4, -0.2) is 47.4 Å². The number of likely N-dealkylation sites (tertiary alicyclic amines) is 1. The molecular weight excluding hydrogens is 400 g/mol.